The SMILES string of the molecule is O=C(c1cc(F)c(C(=O)c2ccc(Cl)cc2)c(C(=O)O)c1)c1ccccn1. The van der Waals surface area contributed by atoms with Crippen molar-refractivity contribution in [1.82, 2.24) is 4.98 Å². The van der Waals surface area contributed by atoms with Gasteiger partial charge in [-0.2, -0.15) is 0 Å². The molecule has 0 saturated carbocycles. The van der Waals surface area contributed by atoms with Gasteiger partial charge >= 0.3 is 5.97 Å². The highest BCUT2D eigenvalue weighted by molar-refractivity contribution is 6.30. The van der Waals surface area contributed by atoms with Gasteiger partial charge in [0.15, 0.2) is 5.78 Å². The van der Waals surface area contributed by atoms with Crippen LogP contribution in [0.3, 0.4) is 0 Å². The van der Waals surface area contributed by atoms with Crippen LogP contribution in [0.1, 0.15) is 42.3 Å². The molecule has 27 heavy (non-hydrogen) atoms. The summed E-state index contributed by atoms with van der Waals surface area (Å²) < 4.78 is 14.7. The second kappa shape index (κ2) is 7.47. The summed E-state index contributed by atoms with van der Waals surface area (Å²) in [6.07, 6.45) is 1.39. The summed E-state index contributed by atoms with van der Waals surface area (Å²) >= 11 is 5.77. The van der Waals surface area contributed by atoms with Crippen LogP contribution in [-0.4, -0.2) is 27.6 Å². The number of carbonyl (C=O) groups is 3. The van der Waals surface area contributed by atoms with E-state index >= 15 is 0 Å². The molecule has 5 nitrogen and oxygen atoms in total. The third-order valence-corrected chi connectivity index (χ3v) is 4.07. The molecule has 1 N–H and O–H groups in total. The average molecular weight is 384 g/mol. The summed E-state index contributed by atoms with van der Waals surface area (Å²) in [6, 6.07) is 12.0. The Morgan fingerprint density at radius 3 is 2.22 bits per heavy atom. The molecule has 0 fully saturated rings. The highest BCUT2D eigenvalue weighted by atomic mass is 35.5. The van der Waals surface area contributed by atoms with Crippen molar-refractivity contribution in [2.24, 2.45) is 0 Å². The Balaban J connectivity index is 2.11. The van der Waals surface area contributed by atoms with Gasteiger partial charge in [-0.15, -0.1) is 0 Å². The number of aromatic carboxylic acids is 1. The van der Waals surface area contributed by atoms with Crippen LogP contribution in [0.2, 0.25) is 5.02 Å². The number of carboxylic acids is 1. The summed E-state index contributed by atoms with van der Waals surface area (Å²) in [7, 11) is 0. The van der Waals surface area contributed by atoms with E-state index in [1.165, 1.54) is 36.5 Å². The van der Waals surface area contributed by atoms with Crippen LogP contribution in [-0.2, 0) is 0 Å². The fourth-order valence-corrected chi connectivity index (χ4v) is 2.65. The molecule has 3 rings (SSSR count). The summed E-state index contributed by atoms with van der Waals surface area (Å²) in [5, 5.41) is 9.82. The Bertz CT molecular complexity index is 1050. The fraction of sp³-hybridized carbons (Fsp3) is 0. The van der Waals surface area contributed by atoms with Crippen molar-refractivity contribution in [3.05, 3.63) is 99.6 Å². The van der Waals surface area contributed by atoms with Gasteiger partial charge in [-0.3, -0.25) is 14.6 Å². The predicted molar refractivity (Wildman–Crippen MR) is 95.9 cm³/mol. The van der Waals surface area contributed by atoms with E-state index in [1.54, 1.807) is 12.1 Å². The van der Waals surface area contributed by atoms with E-state index in [0.717, 1.165) is 12.1 Å². The highest BCUT2D eigenvalue weighted by Gasteiger charge is 2.25. The largest absolute Gasteiger partial charge is 0.478 e. The minimum Gasteiger partial charge on any atom is -0.478 e. The molecule has 0 aliphatic carbocycles. The second-order valence-electron chi connectivity index (χ2n) is 5.57. The molecule has 3 aromatic rings. The van der Waals surface area contributed by atoms with Crippen LogP contribution in [0.5, 0.6) is 0 Å². The van der Waals surface area contributed by atoms with Crippen molar-refractivity contribution in [2.75, 3.05) is 0 Å². The standard InChI is InChI=1S/C20H11ClFNO4/c21-13-6-4-11(5-7-13)19(25)17-14(20(26)27)9-12(10-15(17)22)18(24)16-3-1-2-8-23-16/h1-10H,(H,26,27). The number of halogens is 2. The van der Waals surface area contributed by atoms with Gasteiger partial charge in [-0.05, 0) is 48.5 Å². The summed E-state index contributed by atoms with van der Waals surface area (Å²) in [5.41, 5.74) is -1.33. The van der Waals surface area contributed by atoms with Gasteiger partial charge in [0.05, 0.1) is 11.1 Å². The molecule has 134 valence electrons. The number of benzene rings is 2. The minimum absolute atomic E-state index is 0.0324. The minimum atomic E-state index is -1.53. The van der Waals surface area contributed by atoms with Gasteiger partial charge in [0, 0.05) is 22.3 Å². The van der Waals surface area contributed by atoms with Crippen molar-refractivity contribution in [2.45, 2.75) is 0 Å². The van der Waals surface area contributed by atoms with Crippen LogP contribution in [0, 0.1) is 5.82 Å². The molecule has 0 unspecified atom stereocenters. The quantitative estimate of drug-likeness (QED) is 0.672. The number of pyridine rings is 1. The van der Waals surface area contributed by atoms with Gasteiger partial charge in [0.2, 0.25) is 5.78 Å². The number of ketones is 2. The molecule has 0 saturated heterocycles. The number of carbonyl (C=O) groups excluding carboxylic acids is 2. The maximum atomic E-state index is 14.7. The predicted octanol–water partition coefficient (Wildman–Crippen LogP) is 4.03. The van der Waals surface area contributed by atoms with Crippen molar-refractivity contribution >= 4 is 29.1 Å². The van der Waals surface area contributed by atoms with Crippen LogP contribution >= 0.6 is 11.6 Å². The Kier molecular flexibility index (Phi) is 5.09. The Hall–Kier alpha value is -3.38. The molecule has 2 aromatic carbocycles. The first-order chi connectivity index (χ1) is 12.9. The summed E-state index contributed by atoms with van der Waals surface area (Å²) in [6.45, 7) is 0. The third-order valence-electron chi connectivity index (χ3n) is 3.81. The molecule has 1 heterocycles. The molecule has 0 amide bonds. The topological polar surface area (TPSA) is 84.3 Å². The molecule has 0 bridgehead atoms. The zero-order chi connectivity index (χ0) is 19.6. The van der Waals surface area contributed by atoms with Crippen LogP contribution in [0.25, 0.3) is 0 Å². The third kappa shape index (κ3) is 3.75. The van der Waals surface area contributed by atoms with E-state index in [1.807, 2.05) is 0 Å². The Labute approximate surface area is 158 Å². The van der Waals surface area contributed by atoms with Gasteiger partial charge in [0.25, 0.3) is 0 Å². The van der Waals surface area contributed by atoms with Crippen molar-refractivity contribution in [1.29, 1.82) is 0 Å². The zero-order valence-corrected chi connectivity index (χ0v) is 14.4. The molecule has 1 aromatic heterocycles. The van der Waals surface area contributed by atoms with Gasteiger partial charge in [-0.1, -0.05) is 17.7 Å². The molecule has 7 heteroatoms. The normalized spacial score (nSPS) is 10.4. The highest BCUT2D eigenvalue weighted by Crippen LogP contribution is 2.23. The lowest BCUT2D eigenvalue weighted by Gasteiger charge is -2.10. The number of hydrogen-bond donors (Lipinski definition) is 1. The second-order valence-corrected chi connectivity index (χ2v) is 6.00. The lowest BCUT2D eigenvalue weighted by Crippen LogP contribution is -2.15. The molecule has 0 radical (unpaired) electrons. The van der Waals surface area contributed by atoms with Crippen molar-refractivity contribution in [3.63, 3.8) is 0 Å². The number of nitrogens with zero attached hydrogens (tertiary/aromatic N) is 1. The number of hydrogen-bond acceptors (Lipinski definition) is 4. The number of carboxylic acid groups (broad SMARTS) is 1. The van der Waals surface area contributed by atoms with Crippen molar-refractivity contribution < 1.29 is 23.9 Å². The molecule has 0 atom stereocenters. The first-order valence-electron chi connectivity index (χ1n) is 7.71. The first kappa shape index (κ1) is 18.4. The molecule has 0 aliphatic rings. The van der Waals surface area contributed by atoms with Gasteiger partial charge in [0.1, 0.15) is 11.5 Å². The Morgan fingerprint density at radius 2 is 1.63 bits per heavy atom. The van der Waals surface area contributed by atoms with Gasteiger partial charge < -0.3 is 5.11 Å². The van der Waals surface area contributed by atoms with Crippen LogP contribution < -0.4 is 0 Å². The molecule has 0 spiro atoms. The van der Waals surface area contributed by atoms with E-state index in [2.05, 4.69) is 4.98 Å². The monoisotopic (exact) mass is 383 g/mol. The fourth-order valence-electron chi connectivity index (χ4n) is 2.53. The van der Waals surface area contributed by atoms with E-state index in [0.29, 0.717) is 5.02 Å². The lowest BCUT2D eigenvalue weighted by atomic mass is 9.94. The number of aromatic nitrogens is 1. The molecular formula is C20H11ClFNO4. The molecular weight excluding hydrogens is 373 g/mol. The maximum absolute atomic E-state index is 14.7. The number of rotatable bonds is 5. The lowest BCUT2D eigenvalue weighted by molar-refractivity contribution is 0.0692. The Morgan fingerprint density at radius 1 is 0.926 bits per heavy atom. The average Bonchev–Trinajstić information content (AvgIpc) is 2.67. The summed E-state index contributed by atoms with van der Waals surface area (Å²) in [4.78, 5) is 40.5. The van der Waals surface area contributed by atoms with E-state index < -0.39 is 34.5 Å². The van der Waals surface area contributed by atoms with Crippen LogP contribution in [0.15, 0.2) is 60.8 Å². The van der Waals surface area contributed by atoms with E-state index in [4.69, 9.17) is 11.6 Å². The van der Waals surface area contributed by atoms with E-state index in [-0.39, 0.29) is 16.8 Å². The van der Waals surface area contributed by atoms with Crippen LogP contribution in [0.4, 0.5) is 4.39 Å². The van der Waals surface area contributed by atoms with Crippen molar-refractivity contribution in [3.8, 4) is 0 Å². The smallest absolute Gasteiger partial charge is 0.336 e. The van der Waals surface area contributed by atoms with E-state index in [9.17, 15) is 23.9 Å². The molecule has 0 aliphatic heterocycles. The zero-order valence-electron chi connectivity index (χ0n) is 13.6. The van der Waals surface area contributed by atoms with Gasteiger partial charge in [-0.25, -0.2) is 9.18 Å². The summed E-state index contributed by atoms with van der Waals surface area (Å²) in [5.74, 6) is -4.10. The first-order valence-corrected chi connectivity index (χ1v) is 8.09. The maximum Gasteiger partial charge on any atom is 0.336 e.